The minimum Gasteiger partial charge on any atom is -0.469 e. The van der Waals surface area contributed by atoms with Crippen molar-refractivity contribution >= 4 is 17.0 Å². The summed E-state index contributed by atoms with van der Waals surface area (Å²) >= 11 is 1.75. The van der Waals surface area contributed by atoms with Crippen molar-refractivity contribution in [3.05, 3.63) is 93.7 Å². The third-order valence-corrected chi connectivity index (χ3v) is 6.18. The quantitative estimate of drug-likeness (QED) is 0.621. The molecule has 2 aliphatic rings. The monoisotopic (exact) mass is 374 g/mol. The SMILES string of the molecule is CC(C)c1ccc([C@H]2Oc3ccccc3[C@@H]3C=C(c4cccs4)NN23)cc1. The molecule has 1 aromatic heterocycles. The predicted octanol–water partition coefficient (Wildman–Crippen LogP) is 5.87. The van der Waals surface area contributed by atoms with E-state index in [2.05, 4.69) is 90.3 Å². The average Bonchev–Trinajstić information content (AvgIpc) is 3.37. The van der Waals surface area contributed by atoms with E-state index in [1.165, 1.54) is 16.0 Å². The second kappa shape index (κ2) is 6.55. The third-order valence-electron chi connectivity index (χ3n) is 5.28. The fraction of sp³-hybridized carbons (Fsp3) is 0.217. The maximum absolute atomic E-state index is 6.43. The van der Waals surface area contributed by atoms with E-state index < -0.39 is 0 Å². The van der Waals surface area contributed by atoms with Crippen molar-refractivity contribution in [2.45, 2.75) is 32.0 Å². The lowest BCUT2D eigenvalue weighted by Crippen LogP contribution is -2.43. The van der Waals surface area contributed by atoms with Crippen LogP contribution in [0.3, 0.4) is 0 Å². The van der Waals surface area contributed by atoms with E-state index in [4.69, 9.17) is 4.74 Å². The van der Waals surface area contributed by atoms with E-state index in [1.54, 1.807) is 11.3 Å². The van der Waals surface area contributed by atoms with Crippen LogP contribution in [0.1, 0.15) is 53.6 Å². The van der Waals surface area contributed by atoms with Gasteiger partial charge in [-0.05, 0) is 35.1 Å². The van der Waals surface area contributed by atoms with E-state index in [1.807, 2.05) is 6.07 Å². The molecule has 3 heterocycles. The zero-order valence-corrected chi connectivity index (χ0v) is 16.2. The van der Waals surface area contributed by atoms with E-state index in [0.29, 0.717) is 5.92 Å². The third kappa shape index (κ3) is 2.85. The fourth-order valence-corrected chi connectivity index (χ4v) is 4.48. The molecule has 0 bridgehead atoms. The Morgan fingerprint density at radius 3 is 2.56 bits per heavy atom. The summed E-state index contributed by atoms with van der Waals surface area (Å²) in [6.45, 7) is 4.44. The summed E-state index contributed by atoms with van der Waals surface area (Å²) in [5, 5.41) is 4.34. The molecule has 0 radical (unpaired) electrons. The van der Waals surface area contributed by atoms with Crippen LogP contribution in [0.15, 0.2) is 72.1 Å². The van der Waals surface area contributed by atoms with Gasteiger partial charge < -0.3 is 10.2 Å². The minimum atomic E-state index is -0.167. The van der Waals surface area contributed by atoms with Gasteiger partial charge in [0, 0.05) is 11.1 Å². The van der Waals surface area contributed by atoms with E-state index in [9.17, 15) is 0 Å². The highest BCUT2D eigenvalue weighted by molar-refractivity contribution is 7.11. The smallest absolute Gasteiger partial charge is 0.195 e. The summed E-state index contributed by atoms with van der Waals surface area (Å²) < 4.78 is 6.43. The Balaban J connectivity index is 1.55. The molecule has 4 heteroatoms. The zero-order valence-electron chi connectivity index (χ0n) is 15.4. The van der Waals surface area contributed by atoms with Gasteiger partial charge in [0.1, 0.15) is 5.75 Å². The number of nitrogens with one attached hydrogen (secondary N) is 1. The molecular formula is C23H22N2OS. The first-order valence-electron chi connectivity index (χ1n) is 9.37. The van der Waals surface area contributed by atoms with Crippen molar-refractivity contribution in [3.8, 4) is 5.75 Å². The number of rotatable bonds is 3. The second-order valence-corrected chi connectivity index (χ2v) is 8.30. The number of para-hydroxylation sites is 1. The molecule has 3 nitrogen and oxygen atoms in total. The summed E-state index contributed by atoms with van der Waals surface area (Å²) in [5.41, 5.74) is 8.46. The van der Waals surface area contributed by atoms with Gasteiger partial charge in [-0.15, -0.1) is 11.3 Å². The van der Waals surface area contributed by atoms with Gasteiger partial charge in [-0.3, -0.25) is 0 Å². The van der Waals surface area contributed by atoms with Gasteiger partial charge in [0.25, 0.3) is 0 Å². The van der Waals surface area contributed by atoms with Gasteiger partial charge in [-0.25, -0.2) is 0 Å². The van der Waals surface area contributed by atoms with Gasteiger partial charge in [0.2, 0.25) is 0 Å². The lowest BCUT2D eigenvalue weighted by Gasteiger charge is -2.39. The predicted molar refractivity (Wildman–Crippen MR) is 110 cm³/mol. The van der Waals surface area contributed by atoms with Crippen LogP contribution in [0.4, 0.5) is 0 Å². The largest absolute Gasteiger partial charge is 0.469 e. The molecule has 0 saturated heterocycles. The van der Waals surface area contributed by atoms with Crippen molar-refractivity contribution in [1.82, 2.24) is 10.4 Å². The van der Waals surface area contributed by atoms with Crippen molar-refractivity contribution in [3.63, 3.8) is 0 Å². The Hall–Kier alpha value is -2.56. The lowest BCUT2D eigenvalue weighted by molar-refractivity contribution is -0.0326. The van der Waals surface area contributed by atoms with Gasteiger partial charge >= 0.3 is 0 Å². The molecule has 5 rings (SSSR count). The molecule has 0 unspecified atom stereocenters. The summed E-state index contributed by atoms with van der Waals surface area (Å²) in [6.07, 6.45) is 2.14. The number of ether oxygens (including phenoxy) is 1. The molecule has 0 amide bonds. The molecule has 2 atom stereocenters. The van der Waals surface area contributed by atoms with Crippen LogP contribution < -0.4 is 10.2 Å². The topological polar surface area (TPSA) is 24.5 Å². The number of hydrazine groups is 1. The molecule has 3 aromatic rings. The first kappa shape index (κ1) is 16.6. The Morgan fingerprint density at radius 2 is 1.81 bits per heavy atom. The zero-order chi connectivity index (χ0) is 18.4. The highest BCUT2D eigenvalue weighted by Gasteiger charge is 2.40. The Bertz CT molecular complexity index is 976. The molecule has 27 heavy (non-hydrogen) atoms. The van der Waals surface area contributed by atoms with Gasteiger partial charge in [-0.2, -0.15) is 5.01 Å². The molecule has 2 aromatic carbocycles. The fourth-order valence-electron chi connectivity index (χ4n) is 3.78. The molecule has 0 saturated carbocycles. The van der Waals surface area contributed by atoms with Crippen LogP contribution in [-0.2, 0) is 0 Å². The first-order valence-corrected chi connectivity index (χ1v) is 10.2. The summed E-state index contributed by atoms with van der Waals surface area (Å²) in [5.74, 6) is 1.49. The van der Waals surface area contributed by atoms with E-state index in [0.717, 1.165) is 17.0 Å². The van der Waals surface area contributed by atoms with Crippen molar-refractivity contribution in [1.29, 1.82) is 0 Å². The molecule has 2 aliphatic heterocycles. The average molecular weight is 375 g/mol. The van der Waals surface area contributed by atoms with Gasteiger partial charge in [0.15, 0.2) is 6.23 Å². The van der Waals surface area contributed by atoms with Crippen LogP contribution >= 0.6 is 11.3 Å². The molecule has 0 aliphatic carbocycles. The van der Waals surface area contributed by atoms with Crippen LogP contribution in [-0.4, -0.2) is 5.01 Å². The highest BCUT2D eigenvalue weighted by Crippen LogP contribution is 2.46. The van der Waals surface area contributed by atoms with Crippen LogP contribution in [0, 0.1) is 0 Å². The summed E-state index contributed by atoms with van der Waals surface area (Å²) in [6, 6.07) is 21.5. The standard InChI is InChI=1S/C23H22N2OS/c1-15(2)16-9-11-17(12-10-16)23-25-20(18-6-3-4-7-21(18)26-23)14-19(24-25)22-8-5-13-27-22/h3-15,20,23-24H,1-2H3/t20-,23+/m0/s1. The van der Waals surface area contributed by atoms with Gasteiger partial charge in [0.05, 0.1) is 16.6 Å². The van der Waals surface area contributed by atoms with Crippen LogP contribution in [0.5, 0.6) is 5.75 Å². The Morgan fingerprint density at radius 1 is 1.00 bits per heavy atom. The van der Waals surface area contributed by atoms with Crippen molar-refractivity contribution in [2.24, 2.45) is 0 Å². The lowest BCUT2D eigenvalue weighted by atomic mass is 9.99. The molecule has 0 fully saturated rings. The normalized spacial score (nSPS) is 21.2. The second-order valence-electron chi connectivity index (χ2n) is 7.35. The van der Waals surface area contributed by atoms with E-state index in [-0.39, 0.29) is 12.3 Å². The van der Waals surface area contributed by atoms with Crippen molar-refractivity contribution in [2.75, 3.05) is 0 Å². The first-order chi connectivity index (χ1) is 13.2. The number of nitrogens with zero attached hydrogens (tertiary/aromatic N) is 1. The van der Waals surface area contributed by atoms with Crippen LogP contribution in [0.2, 0.25) is 0 Å². The number of hydrogen-bond acceptors (Lipinski definition) is 4. The Kier molecular flexibility index (Phi) is 4.03. The molecule has 136 valence electrons. The van der Waals surface area contributed by atoms with E-state index >= 15 is 0 Å². The Labute approximate surface area is 163 Å². The number of benzene rings is 2. The molecule has 1 N–H and O–H groups in total. The maximum atomic E-state index is 6.43. The summed E-state index contributed by atoms with van der Waals surface area (Å²) in [7, 11) is 0. The minimum absolute atomic E-state index is 0.154. The summed E-state index contributed by atoms with van der Waals surface area (Å²) in [4.78, 5) is 1.25. The van der Waals surface area contributed by atoms with Crippen LogP contribution in [0.25, 0.3) is 5.70 Å². The number of hydrogen-bond donors (Lipinski definition) is 1. The number of thiophene rings is 1. The molecule has 0 spiro atoms. The molecular weight excluding hydrogens is 352 g/mol. The maximum Gasteiger partial charge on any atom is 0.195 e. The highest BCUT2D eigenvalue weighted by atomic mass is 32.1. The van der Waals surface area contributed by atoms with Gasteiger partial charge in [-0.1, -0.05) is 62.4 Å². The van der Waals surface area contributed by atoms with Crippen molar-refractivity contribution < 1.29 is 4.74 Å². The number of fused-ring (bicyclic) bond motifs is 3.